The summed E-state index contributed by atoms with van der Waals surface area (Å²) in [5.41, 5.74) is 3.82. The van der Waals surface area contributed by atoms with Crippen molar-refractivity contribution < 1.29 is 0 Å². The van der Waals surface area contributed by atoms with Gasteiger partial charge in [-0.2, -0.15) is 0 Å². The Morgan fingerprint density at radius 2 is 0.761 bits per heavy atom. The summed E-state index contributed by atoms with van der Waals surface area (Å²) in [6, 6.07) is 54.2. The van der Waals surface area contributed by atoms with Crippen molar-refractivity contribution in [1.82, 2.24) is 4.90 Å². The lowest BCUT2D eigenvalue weighted by Crippen LogP contribution is -2.29. The van der Waals surface area contributed by atoms with Gasteiger partial charge in [0.15, 0.2) is 0 Å². The lowest BCUT2D eigenvalue weighted by molar-refractivity contribution is 0.321. The highest BCUT2D eigenvalue weighted by atomic mass is 15.1. The molecule has 0 saturated carbocycles. The summed E-state index contributed by atoms with van der Waals surface area (Å²) in [7, 11) is 5.87. The third kappa shape index (κ3) is 7.19. The van der Waals surface area contributed by atoms with Gasteiger partial charge in [0.2, 0.25) is 0 Å². The molecule has 0 amide bonds. The van der Waals surface area contributed by atoms with Crippen molar-refractivity contribution >= 4 is 40.2 Å². The molecule has 0 saturated heterocycles. The quantitative estimate of drug-likeness (QED) is 0.0906. The molecule has 0 aromatic heterocycles. The molecule has 0 atom stereocenters. The molecule has 0 fully saturated rings. The molecule has 0 spiro atoms. The van der Waals surface area contributed by atoms with Crippen LogP contribution < -0.4 is 0 Å². The SMILES string of the molecule is CCN(CC)CC.[B]CCCC(c1ccccc1)(c1ccccc1)c1ccccc1.c1cc2ccc3cccc4ccc(c1)c2c34. The van der Waals surface area contributed by atoms with Gasteiger partial charge in [0.05, 0.1) is 7.85 Å². The highest BCUT2D eigenvalue weighted by Gasteiger charge is 2.35. The molecule has 2 heteroatoms. The van der Waals surface area contributed by atoms with Crippen molar-refractivity contribution in [3.63, 3.8) is 0 Å². The van der Waals surface area contributed by atoms with E-state index in [-0.39, 0.29) is 5.41 Å². The molecule has 7 rings (SSSR count). The zero-order valence-corrected chi connectivity index (χ0v) is 27.7. The highest BCUT2D eigenvalue weighted by Crippen LogP contribution is 2.43. The van der Waals surface area contributed by atoms with E-state index in [1.807, 2.05) is 0 Å². The summed E-state index contributed by atoms with van der Waals surface area (Å²) in [4.78, 5) is 2.38. The van der Waals surface area contributed by atoms with Gasteiger partial charge in [0.1, 0.15) is 0 Å². The van der Waals surface area contributed by atoms with E-state index in [9.17, 15) is 0 Å². The summed E-state index contributed by atoms with van der Waals surface area (Å²) in [6.45, 7) is 10.1. The van der Waals surface area contributed by atoms with Crippen molar-refractivity contribution in [2.75, 3.05) is 19.6 Å². The maximum absolute atomic E-state index is 5.87. The molecular weight excluding hydrogens is 553 g/mol. The van der Waals surface area contributed by atoms with Crippen LogP contribution in [-0.4, -0.2) is 32.4 Å². The van der Waals surface area contributed by atoms with E-state index in [1.165, 1.54) is 68.6 Å². The van der Waals surface area contributed by atoms with Crippen LogP contribution >= 0.6 is 0 Å². The smallest absolute Gasteiger partial charge is 0.0653 e. The topological polar surface area (TPSA) is 3.24 Å². The molecule has 0 bridgehead atoms. The van der Waals surface area contributed by atoms with E-state index < -0.39 is 0 Å². The molecule has 0 aliphatic rings. The molecule has 0 aliphatic heterocycles. The van der Waals surface area contributed by atoms with Crippen LogP contribution in [0.2, 0.25) is 6.32 Å². The van der Waals surface area contributed by atoms with Crippen LogP contribution in [0.15, 0.2) is 152 Å². The fourth-order valence-electron chi connectivity index (χ4n) is 6.81. The molecule has 0 aliphatic carbocycles. The molecule has 1 nitrogen and oxygen atoms in total. The number of benzene rings is 7. The number of hydrogen-bond donors (Lipinski definition) is 0. The minimum atomic E-state index is -0.150. The Balaban J connectivity index is 0.000000156. The van der Waals surface area contributed by atoms with Gasteiger partial charge in [-0.15, -0.1) is 0 Å². The number of hydrogen-bond acceptors (Lipinski definition) is 1. The number of nitrogens with zero attached hydrogens (tertiary/aromatic N) is 1. The lowest BCUT2D eigenvalue weighted by atomic mass is 9.66. The first-order valence-corrected chi connectivity index (χ1v) is 16.9. The van der Waals surface area contributed by atoms with E-state index in [0.29, 0.717) is 6.32 Å². The Kier molecular flexibility index (Phi) is 11.7. The van der Waals surface area contributed by atoms with Gasteiger partial charge in [0, 0.05) is 5.41 Å². The van der Waals surface area contributed by atoms with Crippen molar-refractivity contribution in [2.45, 2.75) is 45.3 Å². The molecule has 7 aromatic rings. The van der Waals surface area contributed by atoms with E-state index in [2.05, 4.69) is 177 Å². The summed E-state index contributed by atoms with van der Waals surface area (Å²) in [6.07, 6.45) is 2.69. The van der Waals surface area contributed by atoms with E-state index in [1.54, 1.807) is 0 Å². The Labute approximate surface area is 277 Å². The molecule has 7 aromatic carbocycles. The van der Waals surface area contributed by atoms with E-state index in [4.69, 9.17) is 7.85 Å². The second kappa shape index (κ2) is 16.3. The zero-order chi connectivity index (χ0) is 32.2. The van der Waals surface area contributed by atoms with Crippen LogP contribution in [0.4, 0.5) is 0 Å². The molecule has 0 unspecified atom stereocenters. The van der Waals surface area contributed by atoms with E-state index in [0.717, 1.165) is 12.8 Å². The Morgan fingerprint density at radius 1 is 0.435 bits per heavy atom. The third-order valence-corrected chi connectivity index (χ3v) is 9.29. The molecule has 46 heavy (non-hydrogen) atoms. The third-order valence-electron chi connectivity index (χ3n) is 9.29. The van der Waals surface area contributed by atoms with Crippen LogP contribution in [0.1, 0.15) is 50.3 Å². The summed E-state index contributed by atoms with van der Waals surface area (Å²) >= 11 is 0. The van der Waals surface area contributed by atoms with Crippen LogP contribution in [0.25, 0.3) is 32.3 Å². The first-order valence-electron chi connectivity index (χ1n) is 16.9. The highest BCUT2D eigenvalue weighted by molar-refractivity contribution is 6.22. The van der Waals surface area contributed by atoms with Gasteiger partial charge in [-0.05, 0) is 75.1 Å². The van der Waals surface area contributed by atoms with Crippen LogP contribution in [0.5, 0.6) is 0 Å². The van der Waals surface area contributed by atoms with Crippen LogP contribution in [0.3, 0.4) is 0 Å². The zero-order valence-electron chi connectivity index (χ0n) is 27.7. The second-order valence-corrected chi connectivity index (χ2v) is 11.8. The predicted molar refractivity (Wildman–Crippen MR) is 203 cm³/mol. The van der Waals surface area contributed by atoms with Gasteiger partial charge in [0.25, 0.3) is 0 Å². The second-order valence-electron chi connectivity index (χ2n) is 11.8. The average Bonchev–Trinajstić information content (AvgIpc) is 3.14. The summed E-state index contributed by atoms with van der Waals surface area (Å²) in [5, 5.41) is 8.14. The summed E-state index contributed by atoms with van der Waals surface area (Å²) < 4.78 is 0. The van der Waals surface area contributed by atoms with Crippen LogP contribution in [-0.2, 0) is 5.41 Å². The van der Waals surface area contributed by atoms with Gasteiger partial charge in [-0.25, -0.2) is 0 Å². The standard InChI is InChI=1S/C22H21B.C16H10.C6H15N/c23-18-10-17-22(19-11-4-1-5-12-19,20-13-6-2-7-14-20)21-15-8-3-9-16-21;1-3-11-7-9-13-5-2-6-14-10-8-12(4-1)15(11)16(13)14;1-4-7(5-2)6-3/h1-9,11-16H,10,17-18H2;1-10H;4-6H2,1-3H3. The first-order chi connectivity index (χ1) is 22.7. The van der Waals surface area contributed by atoms with Gasteiger partial charge >= 0.3 is 0 Å². The Morgan fingerprint density at radius 3 is 1.02 bits per heavy atom. The van der Waals surface area contributed by atoms with Crippen molar-refractivity contribution in [3.8, 4) is 0 Å². The molecule has 230 valence electrons. The molecular formula is C44H46BN. The van der Waals surface area contributed by atoms with Gasteiger partial charge < -0.3 is 4.90 Å². The maximum Gasteiger partial charge on any atom is 0.0653 e. The minimum Gasteiger partial charge on any atom is -0.304 e. The lowest BCUT2D eigenvalue weighted by Gasteiger charge is -2.36. The minimum absolute atomic E-state index is 0.150. The molecule has 0 N–H and O–H groups in total. The van der Waals surface area contributed by atoms with Crippen molar-refractivity contribution in [1.29, 1.82) is 0 Å². The van der Waals surface area contributed by atoms with Gasteiger partial charge in [-0.1, -0.05) is 185 Å². The fourth-order valence-corrected chi connectivity index (χ4v) is 6.81. The van der Waals surface area contributed by atoms with Crippen molar-refractivity contribution in [3.05, 3.63) is 168 Å². The Hall–Kier alpha value is -4.40. The molecule has 0 heterocycles. The van der Waals surface area contributed by atoms with Crippen molar-refractivity contribution in [2.24, 2.45) is 0 Å². The van der Waals surface area contributed by atoms with E-state index >= 15 is 0 Å². The normalized spacial score (nSPS) is 11.3. The van der Waals surface area contributed by atoms with Crippen LogP contribution in [0, 0.1) is 0 Å². The fraction of sp³-hybridized carbons (Fsp3) is 0.227. The monoisotopic (exact) mass is 599 g/mol. The maximum atomic E-state index is 5.87. The number of rotatable bonds is 9. The average molecular weight is 600 g/mol. The first kappa shape index (κ1) is 33.0. The molecule has 2 radical (unpaired) electrons. The largest absolute Gasteiger partial charge is 0.304 e. The predicted octanol–water partition coefficient (Wildman–Crippen LogP) is 11.3. The Bertz CT molecular complexity index is 1650. The van der Waals surface area contributed by atoms with Gasteiger partial charge in [-0.3, -0.25) is 0 Å². The summed E-state index contributed by atoms with van der Waals surface area (Å²) in [5.74, 6) is 0.